The highest BCUT2D eigenvalue weighted by molar-refractivity contribution is 5.92. The molecule has 2 rings (SSSR count). The predicted octanol–water partition coefficient (Wildman–Crippen LogP) is 2.08. The number of nitrogens with one attached hydrogen (secondary N) is 2. The number of aryl methyl sites for hydroxylation is 1. The lowest BCUT2D eigenvalue weighted by Crippen LogP contribution is -2.26. The molecule has 0 saturated carbocycles. The Morgan fingerprint density at radius 3 is 2.50 bits per heavy atom. The van der Waals surface area contributed by atoms with E-state index in [-0.39, 0.29) is 11.6 Å². The van der Waals surface area contributed by atoms with E-state index in [0.29, 0.717) is 36.0 Å². The van der Waals surface area contributed by atoms with Crippen LogP contribution in [0.15, 0.2) is 30.3 Å². The van der Waals surface area contributed by atoms with Gasteiger partial charge in [-0.1, -0.05) is 0 Å². The molecule has 0 atom stereocenters. The van der Waals surface area contributed by atoms with Gasteiger partial charge in [0.05, 0.1) is 12.7 Å². The molecule has 0 aliphatic heterocycles. The Balaban J connectivity index is 2.06. The fourth-order valence-corrected chi connectivity index (χ4v) is 2.19. The molecule has 138 valence electrons. The zero-order chi connectivity index (χ0) is 18.9. The second-order valence-corrected chi connectivity index (χ2v) is 5.51. The van der Waals surface area contributed by atoms with Crippen molar-refractivity contribution in [2.75, 3.05) is 32.7 Å². The summed E-state index contributed by atoms with van der Waals surface area (Å²) in [6.07, 6.45) is 0.726. The van der Waals surface area contributed by atoms with E-state index in [2.05, 4.69) is 25.3 Å². The predicted molar refractivity (Wildman–Crippen MR) is 96.7 cm³/mol. The first kappa shape index (κ1) is 19.3. The molecule has 0 radical (unpaired) electrons. The SMILES string of the molecule is COCCCNC(=O)c1cc(C)nc(Nc2ccc(C(=O)OC)cc2)n1. The Labute approximate surface area is 151 Å². The average molecular weight is 358 g/mol. The van der Waals surface area contributed by atoms with E-state index in [1.807, 2.05) is 0 Å². The van der Waals surface area contributed by atoms with Crippen LogP contribution in [0.5, 0.6) is 0 Å². The number of methoxy groups -OCH3 is 2. The van der Waals surface area contributed by atoms with Crippen molar-refractivity contribution in [3.63, 3.8) is 0 Å². The molecule has 2 N–H and O–H groups in total. The molecule has 0 fully saturated rings. The maximum absolute atomic E-state index is 12.2. The Morgan fingerprint density at radius 1 is 1.12 bits per heavy atom. The second kappa shape index (κ2) is 9.47. The van der Waals surface area contributed by atoms with Crippen LogP contribution in [0.4, 0.5) is 11.6 Å². The Bertz CT molecular complexity index is 762. The summed E-state index contributed by atoms with van der Waals surface area (Å²) in [5.41, 5.74) is 2.08. The largest absolute Gasteiger partial charge is 0.465 e. The number of anilines is 2. The highest BCUT2D eigenvalue weighted by atomic mass is 16.5. The summed E-state index contributed by atoms with van der Waals surface area (Å²) in [6, 6.07) is 8.31. The van der Waals surface area contributed by atoms with Gasteiger partial charge in [0.2, 0.25) is 5.95 Å². The molecule has 1 heterocycles. The number of carbonyl (C=O) groups is 2. The standard InChI is InChI=1S/C18H22N4O4/c1-12-11-15(16(23)19-9-4-10-25-2)22-18(20-12)21-14-7-5-13(6-8-14)17(24)26-3/h5-8,11H,4,9-10H2,1-3H3,(H,19,23)(H,20,21,22). The maximum atomic E-state index is 12.2. The Hall–Kier alpha value is -3.00. The van der Waals surface area contributed by atoms with Gasteiger partial charge in [0.25, 0.3) is 5.91 Å². The minimum Gasteiger partial charge on any atom is -0.465 e. The number of hydrogen-bond donors (Lipinski definition) is 2. The number of nitrogens with zero attached hydrogens (tertiary/aromatic N) is 2. The molecule has 8 heteroatoms. The molecule has 0 unspecified atom stereocenters. The third-order valence-electron chi connectivity index (χ3n) is 3.46. The first-order valence-corrected chi connectivity index (χ1v) is 8.11. The van der Waals surface area contributed by atoms with Gasteiger partial charge >= 0.3 is 5.97 Å². The number of ether oxygens (including phenoxy) is 2. The Morgan fingerprint density at radius 2 is 1.85 bits per heavy atom. The van der Waals surface area contributed by atoms with Crippen molar-refractivity contribution >= 4 is 23.5 Å². The summed E-state index contributed by atoms with van der Waals surface area (Å²) in [6.45, 7) is 2.87. The molecule has 8 nitrogen and oxygen atoms in total. The van der Waals surface area contributed by atoms with E-state index >= 15 is 0 Å². The maximum Gasteiger partial charge on any atom is 0.337 e. The van der Waals surface area contributed by atoms with Gasteiger partial charge in [-0.2, -0.15) is 0 Å². The lowest BCUT2D eigenvalue weighted by Gasteiger charge is -2.09. The zero-order valence-corrected chi connectivity index (χ0v) is 15.0. The van der Waals surface area contributed by atoms with E-state index < -0.39 is 5.97 Å². The van der Waals surface area contributed by atoms with Crippen molar-refractivity contribution in [2.24, 2.45) is 0 Å². The lowest BCUT2D eigenvalue weighted by atomic mass is 10.2. The van der Waals surface area contributed by atoms with E-state index in [1.165, 1.54) is 7.11 Å². The lowest BCUT2D eigenvalue weighted by molar-refractivity contribution is 0.0600. The van der Waals surface area contributed by atoms with Crippen LogP contribution in [-0.4, -0.2) is 49.2 Å². The number of hydrogen-bond acceptors (Lipinski definition) is 7. The molecular weight excluding hydrogens is 336 g/mol. The normalized spacial score (nSPS) is 10.3. The first-order chi connectivity index (χ1) is 12.5. The van der Waals surface area contributed by atoms with Crippen molar-refractivity contribution in [3.05, 3.63) is 47.3 Å². The van der Waals surface area contributed by atoms with Crippen LogP contribution in [0, 0.1) is 6.92 Å². The molecule has 2 aromatic rings. The molecule has 1 aromatic heterocycles. The fraction of sp³-hybridized carbons (Fsp3) is 0.333. The first-order valence-electron chi connectivity index (χ1n) is 8.11. The summed E-state index contributed by atoms with van der Waals surface area (Å²) in [7, 11) is 2.95. The van der Waals surface area contributed by atoms with Crippen molar-refractivity contribution in [1.29, 1.82) is 0 Å². The Kier molecular flexibility index (Phi) is 7.04. The number of aromatic nitrogens is 2. The quantitative estimate of drug-likeness (QED) is 0.550. The zero-order valence-electron chi connectivity index (χ0n) is 15.0. The third kappa shape index (κ3) is 5.52. The van der Waals surface area contributed by atoms with Gasteiger partial charge in [-0.25, -0.2) is 14.8 Å². The molecule has 0 bridgehead atoms. The van der Waals surface area contributed by atoms with Gasteiger partial charge in [0.15, 0.2) is 0 Å². The summed E-state index contributed by atoms with van der Waals surface area (Å²) >= 11 is 0. The second-order valence-electron chi connectivity index (χ2n) is 5.51. The summed E-state index contributed by atoms with van der Waals surface area (Å²) < 4.78 is 9.61. The van der Waals surface area contributed by atoms with Gasteiger partial charge in [-0.15, -0.1) is 0 Å². The van der Waals surface area contributed by atoms with Crippen molar-refractivity contribution < 1.29 is 19.1 Å². The topological polar surface area (TPSA) is 102 Å². The summed E-state index contributed by atoms with van der Waals surface area (Å²) in [5, 5.41) is 5.82. The number of esters is 1. The molecule has 0 aliphatic rings. The van der Waals surface area contributed by atoms with E-state index in [9.17, 15) is 9.59 Å². The highest BCUT2D eigenvalue weighted by Gasteiger charge is 2.11. The van der Waals surface area contributed by atoms with Crippen LogP contribution in [0.25, 0.3) is 0 Å². The molecule has 0 aliphatic carbocycles. The van der Waals surface area contributed by atoms with Gasteiger partial charge in [0, 0.05) is 31.6 Å². The molecule has 1 aromatic carbocycles. The van der Waals surface area contributed by atoms with Crippen LogP contribution in [-0.2, 0) is 9.47 Å². The molecule has 1 amide bonds. The van der Waals surface area contributed by atoms with E-state index in [0.717, 1.165) is 6.42 Å². The van der Waals surface area contributed by atoms with E-state index in [1.54, 1.807) is 44.4 Å². The van der Waals surface area contributed by atoms with Crippen LogP contribution in [0.2, 0.25) is 0 Å². The smallest absolute Gasteiger partial charge is 0.337 e. The van der Waals surface area contributed by atoms with Crippen LogP contribution >= 0.6 is 0 Å². The minimum absolute atomic E-state index is 0.268. The third-order valence-corrected chi connectivity index (χ3v) is 3.46. The molecule has 0 spiro atoms. The van der Waals surface area contributed by atoms with Gasteiger partial charge in [0.1, 0.15) is 5.69 Å². The van der Waals surface area contributed by atoms with Crippen molar-refractivity contribution in [3.8, 4) is 0 Å². The van der Waals surface area contributed by atoms with Gasteiger partial charge < -0.3 is 20.1 Å². The van der Waals surface area contributed by atoms with Crippen molar-refractivity contribution in [1.82, 2.24) is 15.3 Å². The van der Waals surface area contributed by atoms with Crippen LogP contribution in [0.1, 0.15) is 33.0 Å². The van der Waals surface area contributed by atoms with Crippen LogP contribution in [0.3, 0.4) is 0 Å². The van der Waals surface area contributed by atoms with Gasteiger partial charge in [-0.05, 0) is 43.7 Å². The number of amides is 1. The monoisotopic (exact) mass is 358 g/mol. The molecule has 26 heavy (non-hydrogen) atoms. The molecular formula is C18H22N4O4. The summed E-state index contributed by atoms with van der Waals surface area (Å²) in [5.74, 6) is -0.371. The van der Waals surface area contributed by atoms with E-state index in [4.69, 9.17) is 4.74 Å². The van der Waals surface area contributed by atoms with Crippen LogP contribution < -0.4 is 10.6 Å². The molecule has 0 saturated heterocycles. The number of rotatable bonds is 8. The average Bonchev–Trinajstić information content (AvgIpc) is 2.64. The number of carbonyl (C=O) groups excluding carboxylic acids is 2. The fourth-order valence-electron chi connectivity index (χ4n) is 2.19. The number of benzene rings is 1. The van der Waals surface area contributed by atoms with Crippen molar-refractivity contribution in [2.45, 2.75) is 13.3 Å². The highest BCUT2D eigenvalue weighted by Crippen LogP contribution is 2.15. The summed E-state index contributed by atoms with van der Waals surface area (Å²) in [4.78, 5) is 32.2. The van der Waals surface area contributed by atoms with Gasteiger partial charge in [-0.3, -0.25) is 4.79 Å². The minimum atomic E-state index is -0.407.